The van der Waals surface area contributed by atoms with Crippen molar-refractivity contribution in [1.82, 2.24) is 0 Å². The Hall–Kier alpha value is -3.20. The molecule has 0 aliphatic heterocycles. The molecule has 0 bridgehead atoms. The van der Waals surface area contributed by atoms with Crippen LogP contribution in [0.15, 0.2) is 48.5 Å². The van der Waals surface area contributed by atoms with Crippen LogP contribution in [0.1, 0.15) is 24.5 Å². The highest BCUT2D eigenvalue weighted by atomic mass is 19.1. The predicted molar refractivity (Wildman–Crippen MR) is 90.1 cm³/mol. The van der Waals surface area contributed by atoms with Crippen LogP contribution >= 0.6 is 0 Å². The van der Waals surface area contributed by atoms with Gasteiger partial charge >= 0.3 is 5.97 Å². The number of nitrogens with zero attached hydrogens (tertiary/aromatic N) is 1. The Kier molecular flexibility index (Phi) is 6.24. The Labute approximate surface area is 145 Å². The van der Waals surface area contributed by atoms with E-state index >= 15 is 0 Å². The molecule has 1 N–H and O–H groups in total. The zero-order valence-electron chi connectivity index (χ0n) is 13.7. The summed E-state index contributed by atoms with van der Waals surface area (Å²) in [5, 5.41) is 11.3. The van der Waals surface area contributed by atoms with Crippen molar-refractivity contribution in [1.29, 1.82) is 5.26 Å². The minimum Gasteiger partial charge on any atom is -0.453 e. The topological polar surface area (TPSA) is 79.2 Å². The van der Waals surface area contributed by atoms with Gasteiger partial charge in [0.05, 0.1) is 11.6 Å². The van der Waals surface area contributed by atoms with Gasteiger partial charge in [0, 0.05) is 12.1 Å². The molecular weight excluding hydrogens is 323 g/mol. The van der Waals surface area contributed by atoms with Gasteiger partial charge in [0.15, 0.2) is 6.10 Å². The third-order valence-electron chi connectivity index (χ3n) is 3.49. The zero-order chi connectivity index (χ0) is 18.2. The number of ether oxygens (including phenoxy) is 1. The van der Waals surface area contributed by atoms with E-state index in [9.17, 15) is 14.0 Å². The molecule has 0 saturated heterocycles. The number of halogens is 1. The van der Waals surface area contributed by atoms with E-state index in [1.54, 1.807) is 36.4 Å². The molecule has 0 aromatic heterocycles. The van der Waals surface area contributed by atoms with E-state index in [0.717, 1.165) is 5.56 Å². The lowest BCUT2D eigenvalue weighted by atomic mass is 10.1. The van der Waals surface area contributed by atoms with Gasteiger partial charge < -0.3 is 10.1 Å². The van der Waals surface area contributed by atoms with Crippen LogP contribution in [-0.4, -0.2) is 18.0 Å². The molecule has 6 heteroatoms. The number of hydrogen-bond acceptors (Lipinski definition) is 4. The van der Waals surface area contributed by atoms with E-state index in [-0.39, 0.29) is 12.2 Å². The maximum Gasteiger partial charge on any atom is 0.306 e. The van der Waals surface area contributed by atoms with Crippen molar-refractivity contribution in [2.45, 2.75) is 25.9 Å². The predicted octanol–water partition coefficient (Wildman–Crippen LogP) is 3.20. The van der Waals surface area contributed by atoms with E-state index in [1.165, 1.54) is 19.1 Å². The van der Waals surface area contributed by atoms with Gasteiger partial charge in [0.25, 0.3) is 5.91 Å². The maximum absolute atomic E-state index is 12.8. The first-order valence-corrected chi connectivity index (χ1v) is 7.73. The van der Waals surface area contributed by atoms with Crippen LogP contribution in [0, 0.1) is 17.1 Å². The molecule has 2 rings (SSSR count). The van der Waals surface area contributed by atoms with Crippen molar-refractivity contribution >= 4 is 17.6 Å². The van der Waals surface area contributed by atoms with Crippen LogP contribution in [0.4, 0.5) is 10.1 Å². The van der Waals surface area contributed by atoms with E-state index in [1.807, 2.05) is 6.07 Å². The monoisotopic (exact) mass is 340 g/mol. The van der Waals surface area contributed by atoms with E-state index < -0.39 is 18.0 Å². The summed E-state index contributed by atoms with van der Waals surface area (Å²) in [6, 6.07) is 14.2. The van der Waals surface area contributed by atoms with Gasteiger partial charge in [-0.05, 0) is 55.3 Å². The molecular formula is C19H17FN2O3. The van der Waals surface area contributed by atoms with Crippen LogP contribution in [0.2, 0.25) is 0 Å². The molecule has 0 saturated carbocycles. The first-order valence-electron chi connectivity index (χ1n) is 7.73. The number of nitriles is 1. The maximum atomic E-state index is 12.8. The number of hydrogen-bond donors (Lipinski definition) is 1. The quantitative estimate of drug-likeness (QED) is 0.819. The smallest absolute Gasteiger partial charge is 0.306 e. The van der Waals surface area contributed by atoms with Crippen molar-refractivity contribution in [3.63, 3.8) is 0 Å². The second kappa shape index (κ2) is 8.60. The highest BCUT2D eigenvalue weighted by Gasteiger charge is 2.17. The summed E-state index contributed by atoms with van der Waals surface area (Å²) >= 11 is 0. The summed E-state index contributed by atoms with van der Waals surface area (Å²) in [5.41, 5.74) is 1.81. The Balaban J connectivity index is 1.80. The number of esters is 1. The minimum absolute atomic E-state index is 0.0973. The lowest BCUT2D eigenvalue weighted by Crippen LogP contribution is -2.30. The molecule has 0 heterocycles. The van der Waals surface area contributed by atoms with Crippen molar-refractivity contribution in [2.24, 2.45) is 0 Å². The van der Waals surface area contributed by atoms with Crippen LogP contribution in [0.25, 0.3) is 0 Å². The lowest BCUT2D eigenvalue weighted by molar-refractivity contribution is -0.153. The highest BCUT2D eigenvalue weighted by Crippen LogP contribution is 2.11. The van der Waals surface area contributed by atoms with E-state index in [2.05, 4.69) is 5.32 Å². The normalized spacial score (nSPS) is 11.2. The van der Waals surface area contributed by atoms with Gasteiger partial charge in [-0.15, -0.1) is 0 Å². The molecule has 0 radical (unpaired) electrons. The SMILES string of the molecule is C[C@H](OC(=O)CCc1ccc(F)cc1)C(=O)Nc1ccc(C#N)cc1. The van der Waals surface area contributed by atoms with E-state index in [4.69, 9.17) is 10.00 Å². The summed E-state index contributed by atoms with van der Waals surface area (Å²) in [6.45, 7) is 1.48. The fourth-order valence-corrected chi connectivity index (χ4v) is 2.08. The van der Waals surface area contributed by atoms with Crippen LogP contribution < -0.4 is 5.32 Å². The van der Waals surface area contributed by atoms with Gasteiger partial charge in [0.1, 0.15) is 5.82 Å². The lowest BCUT2D eigenvalue weighted by Gasteiger charge is -2.13. The minimum atomic E-state index is -0.948. The van der Waals surface area contributed by atoms with Gasteiger partial charge in [-0.1, -0.05) is 12.1 Å². The molecule has 128 valence electrons. The average Bonchev–Trinajstić information content (AvgIpc) is 2.61. The number of anilines is 1. The fraction of sp³-hybridized carbons (Fsp3) is 0.211. The third-order valence-corrected chi connectivity index (χ3v) is 3.49. The van der Waals surface area contributed by atoms with Crippen molar-refractivity contribution in [3.05, 3.63) is 65.5 Å². The summed E-state index contributed by atoms with van der Waals surface area (Å²) in [6.07, 6.45) is -0.445. The first kappa shape index (κ1) is 18.1. The third kappa shape index (κ3) is 5.74. The Morgan fingerprint density at radius 2 is 1.80 bits per heavy atom. The Bertz CT molecular complexity index is 780. The van der Waals surface area contributed by atoms with Crippen molar-refractivity contribution in [3.8, 4) is 6.07 Å². The van der Waals surface area contributed by atoms with Gasteiger partial charge in [-0.3, -0.25) is 9.59 Å². The summed E-state index contributed by atoms with van der Waals surface area (Å²) in [4.78, 5) is 23.8. The number of rotatable bonds is 6. The molecule has 1 atom stereocenters. The number of amides is 1. The van der Waals surface area contributed by atoms with E-state index in [0.29, 0.717) is 17.7 Å². The number of carbonyl (C=O) groups excluding carboxylic acids is 2. The molecule has 0 aliphatic carbocycles. The number of aryl methyl sites for hydroxylation is 1. The molecule has 0 fully saturated rings. The van der Waals surface area contributed by atoms with Gasteiger partial charge in [0.2, 0.25) is 0 Å². The summed E-state index contributed by atoms with van der Waals surface area (Å²) in [5.74, 6) is -1.30. The molecule has 2 aromatic carbocycles. The zero-order valence-corrected chi connectivity index (χ0v) is 13.7. The number of carbonyl (C=O) groups is 2. The Morgan fingerprint density at radius 3 is 2.40 bits per heavy atom. The number of nitrogens with one attached hydrogen (secondary N) is 1. The Morgan fingerprint density at radius 1 is 1.16 bits per heavy atom. The molecule has 5 nitrogen and oxygen atoms in total. The summed E-state index contributed by atoms with van der Waals surface area (Å²) < 4.78 is 17.9. The highest BCUT2D eigenvalue weighted by molar-refractivity contribution is 5.95. The molecule has 0 aliphatic rings. The molecule has 0 spiro atoms. The van der Waals surface area contributed by atoms with Crippen LogP contribution in [0.3, 0.4) is 0 Å². The van der Waals surface area contributed by atoms with Gasteiger partial charge in [-0.25, -0.2) is 4.39 Å². The first-order chi connectivity index (χ1) is 12.0. The second-order valence-corrected chi connectivity index (χ2v) is 5.44. The molecule has 0 unspecified atom stereocenters. The molecule has 25 heavy (non-hydrogen) atoms. The van der Waals surface area contributed by atoms with Crippen molar-refractivity contribution < 1.29 is 18.7 Å². The number of benzene rings is 2. The standard InChI is InChI=1S/C19H17FN2O3/c1-13(19(24)22-17-9-4-15(12-21)5-10-17)25-18(23)11-6-14-2-7-16(20)8-3-14/h2-5,7-10,13H,6,11H2,1H3,(H,22,24)/t13-/m0/s1. The molecule has 2 aromatic rings. The average molecular weight is 340 g/mol. The largest absolute Gasteiger partial charge is 0.453 e. The summed E-state index contributed by atoms with van der Waals surface area (Å²) in [7, 11) is 0. The fourth-order valence-electron chi connectivity index (χ4n) is 2.08. The van der Waals surface area contributed by atoms with Gasteiger partial charge in [-0.2, -0.15) is 5.26 Å². The van der Waals surface area contributed by atoms with Crippen LogP contribution in [-0.2, 0) is 20.7 Å². The van der Waals surface area contributed by atoms with Crippen molar-refractivity contribution in [2.75, 3.05) is 5.32 Å². The molecule has 1 amide bonds. The van der Waals surface area contributed by atoms with Crippen LogP contribution in [0.5, 0.6) is 0 Å². The second-order valence-electron chi connectivity index (χ2n) is 5.44.